The van der Waals surface area contributed by atoms with Gasteiger partial charge in [-0.3, -0.25) is 19.3 Å². The monoisotopic (exact) mass is 517 g/mol. The highest BCUT2D eigenvalue weighted by Crippen LogP contribution is 2.53. The summed E-state index contributed by atoms with van der Waals surface area (Å²) >= 11 is 0. The van der Waals surface area contributed by atoms with Gasteiger partial charge in [-0.2, -0.15) is 0 Å². The summed E-state index contributed by atoms with van der Waals surface area (Å²) in [6.45, 7) is 8.61. The normalized spacial score (nSPS) is 35.1. The van der Waals surface area contributed by atoms with Crippen molar-refractivity contribution in [2.24, 2.45) is 17.8 Å². The first kappa shape index (κ1) is 26.3. The van der Waals surface area contributed by atoms with Crippen LogP contribution in [0.15, 0.2) is 24.3 Å². The highest BCUT2D eigenvalue weighted by Gasteiger charge is 2.72. The number of ether oxygens (including phenoxy) is 3. The number of nitrogens with zero attached hydrogens (tertiary/aromatic N) is 3. The zero-order valence-corrected chi connectivity index (χ0v) is 21.8. The molecule has 1 N–H and O–H groups in total. The van der Waals surface area contributed by atoms with E-state index in [1.165, 1.54) is 4.90 Å². The molecule has 0 aliphatic carbocycles. The molecular formula is C27H39N3O7. The molecule has 1 unspecified atom stereocenters. The molecule has 1 spiro atoms. The Morgan fingerprint density at radius 3 is 2.59 bits per heavy atom. The molecule has 0 saturated carbocycles. The maximum absolute atomic E-state index is 14.3. The summed E-state index contributed by atoms with van der Waals surface area (Å²) in [5.74, 6) is -2.54. The second kappa shape index (κ2) is 10.8. The zero-order valence-electron chi connectivity index (χ0n) is 21.8. The molecule has 10 heteroatoms. The van der Waals surface area contributed by atoms with E-state index in [1.54, 1.807) is 4.90 Å². The van der Waals surface area contributed by atoms with E-state index in [-0.39, 0.29) is 30.9 Å². The molecular weight excluding hydrogens is 478 g/mol. The van der Waals surface area contributed by atoms with Gasteiger partial charge in [-0.05, 0) is 18.8 Å². The molecule has 204 valence electrons. The number of likely N-dealkylation sites (tertiary alicyclic amines) is 1. The lowest BCUT2D eigenvalue weighted by molar-refractivity contribution is -0.156. The fourth-order valence-electron chi connectivity index (χ4n) is 6.59. The van der Waals surface area contributed by atoms with Crippen LogP contribution < -0.4 is 0 Å². The number of morpholine rings is 1. The Labute approximate surface area is 218 Å². The molecule has 0 bridgehead atoms. The van der Waals surface area contributed by atoms with Crippen molar-refractivity contribution in [1.82, 2.24) is 14.7 Å². The SMILES string of the molecule is CC(C)C[C@H](CO)N1C(=O)[C@@H]2[C@H]3C(=O)OCCC=C[C@H]3O[C@@]23C=CCN(CCN2CCOCC2)C(=O)C13. The lowest BCUT2D eigenvalue weighted by Gasteiger charge is -2.39. The number of aliphatic hydroxyl groups excluding tert-OH is 1. The quantitative estimate of drug-likeness (QED) is 0.377. The third kappa shape index (κ3) is 4.73. The minimum atomic E-state index is -1.30. The topological polar surface area (TPSA) is 109 Å². The van der Waals surface area contributed by atoms with Crippen LogP contribution in [0.3, 0.4) is 0 Å². The Hall–Kier alpha value is -2.27. The van der Waals surface area contributed by atoms with Crippen molar-refractivity contribution < 1.29 is 33.7 Å². The van der Waals surface area contributed by atoms with Gasteiger partial charge in [-0.15, -0.1) is 0 Å². The summed E-state index contributed by atoms with van der Waals surface area (Å²) in [7, 11) is 0. The maximum atomic E-state index is 14.3. The summed E-state index contributed by atoms with van der Waals surface area (Å²) < 4.78 is 17.5. The molecule has 0 aromatic carbocycles. The molecule has 0 aromatic rings. The summed E-state index contributed by atoms with van der Waals surface area (Å²) in [5.41, 5.74) is -1.30. The van der Waals surface area contributed by atoms with Crippen molar-refractivity contribution in [3.8, 4) is 0 Å². The van der Waals surface area contributed by atoms with E-state index in [1.807, 2.05) is 38.2 Å². The fourth-order valence-corrected chi connectivity index (χ4v) is 6.59. The lowest BCUT2D eigenvalue weighted by Crippen LogP contribution is -2.59. The highest BCUT2D eigenvalue weighted by molar-refractivity contribution is 5.99. The van der Waals surface area contributed by atoms with E-state index in [2.05, 4.69) is 4.90 Å². The number of rotatable bonds is 7. The molecule has 6 atom stereocenters. The van der Waals surface area contributed by atoms with Crippen molar-refractivity contribution in [1.29, 1.82) is 0 Å². The van der Waals surface area contributed by atoms with Gasteiger partial charge in [0.25, 0.3) is 0 Å². The average molecular weight is 518 g/mol. The largest absolute Gasteiger partial charge is 0.465 e. The smallest absolute Gasteiger partial charge is 0.312 e. The van der Waals surface area contributed by atoms with E-state index in [4.69, 9.17) is 14.2 Å². The number of aliphatic hydroxyl groups is 1. The number of fused-ring (bicyclic) bond motifs is 2. The first-order valence-electron chi connectivity index (χ1n) is 13.6. The molecule has 5 rings (SSSR count). The summed E-state index contributed by atoms with van der Waals surface area (Å²) in [4.78, 5) is 47.2. The summed E-state index contributed by atoms with van der Waals surface area (Å²) in [6.07, 6.45) is 7.93. The maximum Gasteiger partial charge on any atom is 0.312 e. The summed E-state index contributed by atoms with van der Waals surface area (Å²) in [6, 6.07) is -1.52. The zero-order chi connectivity index (χ0) is 26.2. The Morgan fingerprint density at radius 1 is 1.08 bits per heavy atom. The fraction of sp³-hybridized carbons (Fsp3) is 0.741. The first-order valence-corrected chi connectivity index (χ1v) is 13.6. The van der Waals surface area contributed by atoms with Crippen LogP contribution in [-0.2, 0) is 28.6 Å². The summed E-state index contributed by atoms with van der Waals surface area (Å²) in [5, 5.41) is 10.4. The molecule has 5 aliphatic heterocycles. The predicted octanol–water partition coefficient (Wildman–Crippen LogP) is 0.208. The van der Waals surface area contributed by atoms with Crippen LogP contribution in [0.25, 0.3) is 0 Å². The van der Waals surface area contributed by atoms with Gasteiger partial charge in [0, 0.05) is 32.7 Å². The Morgan fingerprint density at radius 2 is 1.86 bits per heavy atom. The first-order chi connectivity index (χ1) is 17.9. The Balaban J connectivity index is 1.51. The molecule has 0 aromatic heterocycles. The van der Waals surface area contributed by atoms with Crippen LogP contribution in [-0.4, -0.2) is 121 Å². The van der Waals surface area contributed by atoms with Crippen LogP contribution in [0.4, 0.5) is 0 Å². The number of cyclic esters (lactones) is 1. The molecule has 37 heavy (non-hydrogen) atoms. The van der Waals surface area contributed by atoms with Crippen molar-refractivity contribution in [3.63, 3.8) is 0 Å². The van der Waals surface area contributed by atoms with Gasteiger partial charge in [0.1, 0.15) is 17.6 Å². The number of carbonyl (C=O) groups excluding carboxylic acids is 3. The van der Waals surface area contributed by atoms with Gasteiger partial charge in [0.15, 0.2) is 0 Å². The Bertz CT molecular complexity index is 946. The van der Waals surface area contributed by atoms with Crippen molar-refractivity contribution >= 4 is 17.8 Å². The van der Waals surface area contributed by atoms with E-state index in [0.29, 0.717) is 45.7 Å². The predicted molar refractivity (Wildman–Crippen MR) is 133 cm³/mol. The highest BCUT2D eigenvalue weighted by atomic mass is 16.6. The van der Waals surface area contributed by atoms with E-state index < -0.39 is 41.6 Å². The second-order valence-electron chi connectivity index (χ2n) is 11.1. The van der Waals surface area contributed by atoms with Crippen LogP contribution in [0.1, 0.15) is 26.7 Å². The van der Waals surface area contributed by atoms with Gasteiger partial charge in [-0.25, -0.2) is 0 Å². The average Bonchev–Trinajstić information content (AvgIpc) is 3.26. The van der Waals surface area contributed by atoms with E-state index in [0.717, 1.165) is 13.1 Å². The van der Waals surface area contributed by atoms with Gasteiger partial charge < -0.3 is 29.1 Å². The lowest BCUT2D eigenvalue weighted by atomic mass is 9.77. The molecule has 2 amide bonds. The number of carbonyl (C=O) groups is 3. The number of hydrogen-bond acceptors (Lipinski definition) is 8. The van der Waals surface area contributed by atoms with Crippen LogP contribution >= 0.6 is 0 Å². The third-order valence-electron chi connectivity index (χ3n) is 8.28. The Kier molecular flexibility index (Phi) is 7.72. The minimum Gasteiger partial charge on any atom is -0.465 e. The molecule has 0 radical (unpaired) electrons. The second-order valence-corrected chi connectivity index (χ2v) is 11.1. The molecule has 5 aliphatic rings. The van der Waals surface area contributed by atoms with Crippen LogP contribution in [0, 0.1) is 17.8 Å². The molecule has 3 fully saturated rings. The van der Waals surface area contributed by atoms with Gasteiger partial charge in [-0.1, -0.05) is 38.2 Å². The van der Waals surface area contributed by atoms with Crippen LogP contribution in [0.2, 0.25) is 0 Å². The third-order valence-corrected chi connectivity index (χ3v) is 8.28. The molecule has 5 heterocycles. The van der Waals surface area contributed by atoms with E-state index in [9.17, 15) is 19.5 Å². The number of hydrogen-bond donors (Lipinski definition) is 1. The van der Waals surface area contributed by atoms with Crippen molar-refractivity contribution in [3.05, 3.63) is 24.3 Å². The van der Waals surface area contributed by atoms with Crippen LogP contribution in [0.5, 0.6) is 0 Å². The standard InChI is InChI=1S/C27H39N3O7/c1-18(2)16-19(17-31)30-23-25(33)29(10-9-28-11-14-35-15-12-28)8-5-7-27(23)22(24(30)32)21-20(37-27)6-3-4-13-36-26(21)34/h3,5-7,18-23,31H,4,8-17H2,1-2H3/t19-,20-,21+,22+,23?,27+/m1/s1. The van der Waals surface area contributed by atoms with Crippen molar-refractivity contribution in [2.75, 3.05) is 59.2 Å². The minimum absolute atomic E-state index is 0.193. The molecule has 3 saturated heterocycles. The van der Waals surface area contributed by atoms with E-state index >= 15 is 0 Å². The van der Waals surface area contributed by atoms with Gasteiger partial charge in [0.05, 0.1) is 44.5 Å². The molecule has 10 nitrogen and oxygen atoms in total. The van der Waals surface area contributed by atoms with Gasteiger partial charge >= 0.3 is 5.97 Å². The number of amides is 2. The van der Waals surface area contributed by atoms with Crippen molar-refractivity contribution in [2.45, 2.75) is 50.5 Å². The van der Waals surface area contributed by atoms with Gasteiger partial charge in [0.2, 0.25) is 11.8 Å². The number of esters is 1.